The molecule has 4 N–H and O–H groups in total. The van der Waals surface area contributed by atoms with Gasteiger partial charge < -0.3 is 20.8 Å². The average Bonchev–Trinajstić information content (AvgIpc) is 2.49. The molecule has 118 valence electrons. The van der Waals surface area contributed by atoms with Crippen LogP contribution in [0.5, 0.6) is 0 Å². The predicted molar refractivity (Wildman–Crippen MR) is 83.8 cm³/mol. The molecule has 0 saturated heterocycles. The van der Waals surface area contributed by atoms with Gasteiger partial charge in [-0.3, -0.25) is 4.79 Å². The first-order chi connectivity index (χ1) is 10.9. The van der Waals surface area contributed by atoms with Gasteiger partial charge in [0.15, 0.2) is 0 Å². The van der Waals surface area contributed by atoms with Crippen LogP contribution in [0.25, 0.3) is 0 Å². The number of nitrogens with one attached hydrogen (secondary N) is 2. The molecule has 0 fully saturated rings. The van der Waals surface area contributed by atoms with Crippen LogP contribution in [0.4, 0.5) is 16.2 Å². The van der Waals surface area contributed by atoms with E-state index in [1.165, 1.54) is 24.3 Å². The molecule has 23 heavy (non-hydrogen) atoms. The van der Waals surface area contributed by atoms with Crippen molar-refractivity contribution >= 4 is 29.3 Å². The lowest BCUT2D eigenvalue weighted by Crippen LogP contribution is -2.19. The smallest absolute Gasteiger partial charge is 0.335 e. The quantitative estimate of drug-likeness (QED) is 0.677. The van der Waals surface area contributed by atoms with Gasteiger partial charge in [0.25, 0.3) is 0 Å². The minimum atomic E-state index is -1.04. The zero-order valence-electron chi connectivity index (χ0n) is 11.9. The number of aliphatic carboxylic acids is 1. The third-order valence-corrected chi connectivity index (χ3v) is 2.96. The third-order valence-electron chi connectivity index (χ3n) is 2.96. The summed E-state index contributed by atoms with van der Waals surface area (Å²) in [5.74, 6) is -1.96. The van der Waals surface area contributed by atoms with Crippen LogP contribution in [0, 0.1) is 0 Å². The highest BCUT2D eigenvalue weighted by molar-refractivity contribution is 6.00. The van der Waals surface area contributed by atoms with E-state index in [4.69, 9.17) is 10.2 Å². The van der Waals surface area contributed by atoms with Crippen molar-refractivity contribution in [2.75, 3.05) is 10.6 Å². The molecule has 7 heteroatoms. The second kappa shape index (κ2) is 7.08. The van der Waals surface area contributed by atoms with Crippen LogP contribution in [0.1, 0.15) is 15.9 Å². The molecule has 0 aliphatic rings. The zero-order valence-corrected chi connectivity index (χ0v) is 11.9. The summed E-state index contributed by atoms with van der Waals surface area (Å²) >= 11 is 0. The summed E-state index contributed by atoms with van der Waals surface area (Å²) in [6.45, 7) is 0. The maximum Gasteiger partial charge on any atom is 0.335 e. The Bertz CT molecular complexity index is 723. The van der Waals surface area contributed by atoms with E-state index in [9.17, 15) is 14.4 Å². The fourth-order valence-corrected chi connectivity index (χ4v) is 1.87. The van der Waals surface area contributed by atoms with Crippen molar-refractivity contribution < 1.29 is 24.6 Å². The van der Waals surface area contributed by atoms with Crippen LogP contribution in [0.15, 0.2) is 48.5 Å². The molecule has 0 atom stereocenters. The number of carboxylic acids is 2. The van der Waals surface area contributed by atoms with E-state index in [1.54, 1.807) is 24.3 Å². The number of carboxylic acid groups (broad SMARTS) is 2. The number of carbonyl (C=O) groups is 3. The Kier molecular flexibility index (Phi) is 4.93. The lowest BCUT2D eigenvalue weighted by molar-refractivity contribution is -0.136. The normalized spacial score (nSPS) is 9.91. The summed E-state index contributed by atoms with van der Waals surface area (Å²) in [7, 11) is 0. The molecule has 0 unspecified atom stereocenters. The summed E-state index contributed by atoms with van der Waals surface area (Å²) in [5.41, 5.74) is 1.73. The second-order valence-electron chi connectivity index (χ2n) is 4.73. The molecule has 2 amide bonds. The molecule has 2 aromatic rings. The van der Waals surface area contributed by atoms with Crippen molar-refractivity contribution in [3.8, 4) is 0 Å². The van der Waals surface area contributed by atoms with E-state index >= 15 is 0 Å². The van der Waals surface area contributed by atoms with Crippen molar-refractivity contribution in [3.63, 3.8) is 0 Å². The summed E-state index contributed by atoms with van der Waals surface area (Å²) in [6, 6.07) is 11.7. The van der Waals surface area contributed by atoms with E-state index in [2.05, 4.69) is 10.6 Å². The van der Waals surface area contributed by atoms with Crippen LogP contribution in [-0.2, 0) is 11.2 Å². The molecule has 2 rings (SSSR count). The van der Waals surface area contributed by atoms with Crippen molar-refractivity contribution in [2.45, 2.75) is 6.42 Å². The van der Waals surface area contributed by atoms with Crippen LogP contribution in [0.2, 0.25) is 0 Å². The van der Waals surface area contributed by atoms with Gasteiger partial charge in [-0.25, -0.2) is 9.59 Å². The van der Waals surface area contributed by atoms with Gasteiger partial charge >= 0.3 is 18.0 Å². The lowest BCUT2D eigenvalue weighted by Gasteiger charge is -2.08. The van der Waals surface area contributed by atoms with Gasteiger partial charge in [0.1, 0.15) is 0 Å². The van der Waals surface area contributed by atoms with Gasteiger partial charge in [0.05, 0.1) is 12.0 Å². The SMILES string of the molecule is O=C(O)Cc1ccc(NC(=O)Nc2ccc(C(=O)O)cc2)cc1. The number of rotatable bonds is 5. The van der Waals surface area contributed by atoms with Gasteiger partial charge in [0, 0.05) is 11.4 Å². The van der Waals surface area contributed by atoms with Gasteiger partial charge in [-0.15, -0.1) is 0 Å². The largest absolute Gasteiger partial charge is 0.481 e. The average molecular weight is 314 g/mol. The Labute approximate surface area is 131 Å². The monoisotopic (exact) mass is 314 g/mol. The van der Waals surface area contributed by atoms with Gasteiger partial charge in [0.2, 0.25) is 0 Å². The third kappa shape index (κ3) is 4.85. The van der Waals surface area contributed by atoms with Gasteiger partial charge in [-0.1, -0.05) is 12.1 Å². The number of carbonyl (C=O) groups excluding carboxylic acids is 1. The first-order valence-electron chi connectivity index (χ1n) is 6.66. The molecule has 0 saturated carbocycles. The Hall–Kier alpha value is -3.35. The van der Waals surface area contributed by atoms with Crippen molar-refractivity contribution in [1.82, 2.24) is 0 Å². The maximum absolute atomic E-state index is 11.8. The van der Waals surface area contributed by atoms with Crippen LogP contribution in [-0.4, -0.2) is 28.2 Å². The van der Waals surface area contributed by atoms with Crippen LogP contribution >= 0.6 is 0 Å². The lowest BCUT2D eigenvalue weighted by atomic mass is 10.1. The van der Waals surface area contributed by atoms with E-state index < -0.39 is 18.0 Å². The first kappa shape index (κ1) is 16.0. The Morgan fingerprint density at radius 3 is 1.70 bits per heavy atom. The highest BCUT2D eigenvalue weighted by atomic mass is 16.4. The predicted octanol–water partition coefficient (Wildman–Crippen LogP) is 2.66. The van der Waals surface area contributed by atoms with Crippen molar-refractivity contribution in [2.24, 2.45) is 0 Å². The minimum Gasteiger partial charge on any atom is -0.481 e. The van der Waals surface area contributed by atoms with Crippen LogP contribution in [0.3, 0.4) is 0 Å². The number of aromatic carboxylic acids is 1. The van der Waals surface area contributed by atoms with E-state index in [0.29, 0.717) is 16.9 Å². The van der Waals surface area contributed by atoms with Crippen LogP contribution < -0.4 is 10.6 Å². The van der Waals surface area contributed by atoms with E-state index in [-0.39, 0.29) is 12.0 Å². The summed E-state index contributed by atoms with van der Waals surface area (Å²) < 4.78 is 0. The topological polar surface area (TPSA) is 116 Å². The molecule has 0 radical (unpaired) electrons. The fourth-order valence-electron chi connectivity index (χ4n) is 1.87. The maximum atomic E-state index is 11.8. The molecular formula is C16H14N2O5. The molecule has 7 nitrogen and oxygen atoms in total. The second-order valence-corrected chi connectivity index (χ2v) is 4.73. The van der Waals surface area contributed by atoms with Gasteiger partial charge in [-0.2, -0.15) is 0 Å². The van der Waals surface area contributed by atoms with Crippen molar-refractivity contribution in [3.05, 3.63) is 59.7 Å². The molecule has 0 heterocycles. The zero-order chi connectivity index (χ0) is 16.8. The first-order valence-corrected chi connectivity index (χ1v) is 6.66. The molecular weight excluding hydrogens is 300 g/mol. The van der Waals surface area contributed by atoms with Gasteiger partial charge in [-0.05, 0) is 42.0 Å². The molecule has 0 aromatic heterocycles. The Morgan fingerprint density at radius 1 is 0.783 bits per heavy atom. The number of hydrogen-bond acceptors (Lipinski definition) is 3. The summed E-state index contributed by atoms with van der Waals surface area (Å²) in [4.78, 5) is 33.1. The van der Waals surface area contributed by atoms with E-state index in [1.807, 2.05) is 0 Å². The highest BCUT2D eigenvalue weighted by Crippen LogP contribution is 2.13. The number of amides is 2. The van der Waals surface area contributed by atoms with Crippen molar-refractivity contribution in [1.29, 1.82) is 0 Å². The molecule has 2 aromatic carbocycles. The Balaban J connectivity index is 1.93. The summed E-state index contributed by atoms with van der Waals surface area (Å²) in [6.07, 6.45) is -0.0809. The molecule has 0 aliphatic carbocycles. The number of benzene rings is 2. The molecule has 0 bridgehead atoms. The molecule has 0 spiro atoms. The standard InChI is InChI=1S/C16H14N2O5/c19-14(20)9-10-1-5-12(6-2-10)17-16(23)18-13-7-3-11(4-8-13)15(21)22/h1-8H,9H2,(H,19,20)(H,21,22)(H2,17,18,23). The number of anilines is 2. The highest BCUT2D eigenvalue weighted by Gasteiger charge is 2.06. The van der Waals surface area contributed by atoms with E-state index in [0.717, 1.165) is 0 Å². The fraction of sp³-hybridized carbons (Fsp3) is 0.0625. The summed E-state index contributed by atoms with van der Waals surface area (Å²) in [5, 5.41) is 22.6. The molecule has 0 aliphatic heterocycles. The minimum absolute atomic E-state index is 0.0809. The Morgan fingerprint density at radius 2 is 1.26 bits per heavy atom. The number of urea groups is 1. The number of hydrogen-bond donors (Lipinski definition) is 4.